The fraction of sp³-hybridized carbons (Fsp3) is 0.364. The van der Waals surface area contributed by atoms with Crippen molar-refractivity contribution in [3.63, 3.8) is 0 Å². The van der Waals surface area contributed by atoms with Gasteiger partial charge in [-0.2, -0.15) is 5.10 Å². The number of hydrogen-bond donors (Lipinski definition) is 2. The van der Waals surface area contributed by atoms with Crippen LogP contribution in [0.4, 0.5) is 0 Å². The van der Waals surface area contributed by atoms with Gasteiger partial charge in [-0.3, -0.25) is 14.7 Å². The number of methoxy groups -OCH3 is 1. The molecule has 0 saturated carbocycles. The number of amides is 2. The first-order valence-electron chi connectivity index (χ1n) is 10.3. The molecule has 0 spiro atoms. The van der Waals surface area contributed by atoms with Crippen molar-refractivity contribution >= 4 is 23.4 Å². The molecular weight excluding hydrogens is 434 g/mol. The predicted molar refractivity (Wildman–Crippen MR) is 117 cm³/mol. The molecule has 2 N–H and O–H groups in total. The zero-order chi connectivity index (χ0) is 22.7. The number of halogens is 1. The molecule has 1 saturated heterocycles. The Labute approximate surface area is 190 Å². The van der Waals surface area contributed by atoms with E-state index in [-0.39, 0.29) is 17.7 Å². The first kappa shape index (κ1) is 21.9. The van der Waals surface area contributed by atoms with Gasteiger partial charge >= 0.3 is 0 Å². The van der Waals surface area contributed by atoms with Crippen LogP contribution in [0.3, 0.4) is 0 Å². The number of nitrogens with one attached hydrogen (secondary N) is 2. The van der Waals surface area contributed by atoms with Gasteiger partial charge in [-0.25, -0.2) is 4.98 Å². The van der Waals surface area contributed by atoms with E-state index in [1.165, 1.54) is 13.3 Å². The highest BCUT2D eigenvalue weighted by Gasteiger charge is 2.29. The number of hydrogen-bond acceptors (Lipinski definition) is 6. The number of furan rings is 1. The number of piperidine rings is 1. The van der Waals surface area contributed by atoms with Gasteiger partial charge in [0.05, 0.1) is 30.6 Å². The average Bonchev–Trinajstić information content (AvgIpc) is 3.46. The van der Waals surface area contributed by atoms with Crippen LogP contribution >= 0.6 is 11.6 Å². The van der Waals surface area contributed by atoms with Crippen molar-refractivity contribution in [2.24, 2.45) is 5.92 Å². The lowest BCUT2D eigenvalue weighted by molar-refractivity contribution is -0.126. The summed E-state index contributed by atoms with van der Waals surface area (Å²) in [5, 5.41) is 10.3. The molecular formula is C22H24ClN5O4. The van der Waals surface area contributed by atoms with E-state index in [2.05, 4.69) is 20.5 Å². The van der Waals surface area contributed by atoms with E-state index in [9.17, 15) is 9.59 Å². The molecule has 1 aliphatic heterocycles. The van der Waals surface area contributed by atoms with Crippen LogP contribution in [-0.2, 0) is 11.3 Å². The second-order valence-corrected chi connectivity index (χ2v) is 8.08. The maximum absolute atomic E-state index is 12.9. The zero-order valence-electron chi connectivity index (χ0n) is 17.9. The fourth-order valence-electron chi connectivity index (χ4n) is 3.71. The topological polar surface area (TPSA) is 113 Å². The third-order valence-electron chi connectivity index (χ3n) is 5.51. The summed E-state index contributed by atoms with van der Waals surface area (Å²) in [6, 6.07) is 7.06. The lowest BCUT2D eigenvalue weighted by atomic mass is 9.95. The number of carbonyl (C=O) groups is 2. The number of carbonyl (C=O) groups excluding carboxylic acids is 2. The summed E-state index contributed by atoms with van der Waals surface area (Å²) in [6.07, 6.45) is 2.68. The lowest BCUT2D eigenvalue weighted by Gasteiger charge is -2.30. The standard InChI is InChI=1S/C22H24ClN5O4/c1-13-3-4-15(32-13)11-25-21(29)14-5-7-28(8-6-14)22(30)19-10-18(26-27-19)16-9-20(31-2)24-12-17(16)23/h3-4,9-10,12,14H,5-8,11H2,1-2H3,(H,25,29)(H,26,27). The lowest BCUT2D eigenvalue weighted by Crippen LogP contribution is -2.43. The second kappa shape index (κ2) is 9.44. The van der Waals surface area contributed by atoms with Gasteiger partial charge in [0.15, 0.2) is 5.69 Å². The molecule has 1 fully saturated rings. The van der Waals surface area contributed by atoms with E-state index in [0.29, 0.717) is 60.3 Å². The van der Waals surface area contributed by atoms with E-state index in [4.69, 9.17) is 20.8 Å². The highest BCUT2D eigenvalue weighted by molar-refractivity contribution is 6.33. The summed E-state index contributed by atoms with van der Waals surface area (Å²) in [5.41, 5.74) is 1.54. The minimum absolute atomic E-state index is 0.0190. The molecule has 3 aromatic rings. The predicted octanol–water partition coefficient (Wildman–Crippen LogP) is 3.20. The molecule has 4 heterocycles. The molecule has 0 unspecified atom stereocenters. The number of pyridine rings is 1. The minimum Gasteiger partial charge on any atom is -0.481 e. The summed E-state index contributed by atoms with van der Waals surface area (Å²) in [7, 11) is 1.52. The maximum atomic E-state index is 12.9. The highest BCUT2D eigenvalue weighted by atomic mass is 35.5. The Bertz CT molecular complexity index is 1120. The van der Waals surface area contributed by atoms with Gasteiger partial charge in [-0.15, -0.1) is 0 Å². The van der Waals surface area contributed by atoms with Gasteiger partial charge in [0.25, 0.3) is 5.91 Å². The van der Waals surface area contributed by atoms with Crippen molar-refractivity contribution in [2.45, 2.75) is 26.3 Å². The molecule has 32 heavy (non-hydrogen) atoms. The van der Waals surface area contributed by atoms with E-state index < -0.39 is 0 Å². The average molecular weight is 458 g/mol. The molecule has 0 aromatic carbocycles. The van der Waals surface area contributed by atoms with Crippen molar-refractivity contribution in [1.29, 1.82) is 0 Å². The fourth-order valence-corrected chi connectivity index (χ4v) is 3.92. The molecule has 0 aliphatic carbocycles. The van der Waals surface area contributed by atoms with Gasteiger partial charge in [-0.05, 0) is 38.0 Å². The van der Waals surface area contributed by atoms with Crippen LogP contribution in [0.15, 0.2) is 34.9 Å². The number of likely N-dealkylation sites (tertiary alicyclic amines) is 1. The number of aromatic nitrogens is 3. The Morgan fingerprint density at radius 2 is 2.09 bits per heavy atom. The van der Waals surface area contributed by atoms with Crippen LogP contribution in [0.5, 0.6) is 5.88 Å². The molecule has 4 rings (SSSR count). The van der Waals surface area contributed by atoms with Gasteiger partial charge in [0.1, 0.15) is 11.5 Å². The molecule has 10 heteroatoms. The van der Waals surface area contributed by atoms with Crippen LogP contribution in [0.25, 0.3) is 11.3 Å². The summed E-state index contributed by atoms with van der Waals surface area (Å²) < 4.78 is 10.6. The number of H-pyrrole nitrogens is 1. The van der Waals surface area contributed by atoms with Crippen LogP contribution in [0.2, 0.25) is 5.02 Å². The van der Waals surface area contributed by atoms with Crippen molar-refractivity contribution in [3.05, 3.63) is 52.7 Å². The smallest absolute Gasteiger partial charge is 0.274 e. The summed E-state index contributed by atoms with van der Waals surface area (Å²) in [6.45, 7) is 3.21. The molecule has 0 radical (unpaired) electrons. The molecule has 9 nitrogen and oxygen atoms in total. The molecule has 0 bridgehead atoms. The Morgan fingerprint density at radius 3 is 2.78 bits per heavy atom. The largest absolute Gasteiger partial charge is 0.481 e. The Kier molecular flexibility index (Phi) is 6.45. The maximum Gasteiger partial charge on any atom is 0.274 e. The number of rotatable bonds is 6. The second-order valence-electron chi connectivity index (χ2n) is 7.67. The van der Waals surface area contributed by atoms with E-state index in [1.807, 2.05) is 19.1 Å². The number of ether oxygens (including phenoxy) is 1. The van der Waals surface area contributed by atoms with Gasteiger partial charge in [0, 0.05) is 30.6 Å². The first-order valence-corrected chi connectivity index (χ1v) is 10.7. The monoisotopic (exact) mass is 457 g/mol. The number of aromatic amines is 1. The highest BCUT2D eigenvalue weighted by Crippen LogP contribution is 2.29. The van der Waals surface area contributed by atoms with Crippen molar-refractivity contribution in [3.8, 4) is 17.1 Å². The van der Waals surface area contributed by atoms with E-state index in [0.717, 1.165) is 11.5 Å². The van der Waals surface area contributed by atoms with Gasteiger partial charge < -0.3 is 19.4 Å². The number of aryl methyl sites for hydroxylation is 1. The van der Waals surface area contributed by atoms with Crippen LogP contribution in [-0.4, -0.2) is 52.1 Å². The van der Waals surface area contributed by atoms with Crippen molar-refractivity contribution in [1.82, 2.24) is 25.4 Å². The molecule has 2 amide bonds. The first-order chi connectivity index (χ1) is 15.4. The van der Waals surface area contributed by atoms with Crippen molar-refractivity contribution < 1.29 is 18.7 Å². The quantitative estimate of drug-likeness (QED) is 0.587. The molecule has 0 atom stereocenters. The Hall–Kier alpha value is -3.33. The normalized spacial score (nSPS) is 14.4. The molecule has 3 aromatic heterocycles. The molecule has 1 aliphatic rings. The summed E-state index contributed by atoms with van der Waals surface area (Å²) in [5.74, 6) is 1.61. The van der Waals surface area contributed by atoms with Crippen LogP contribution in [0, 0.1) is 12.8 Å². The van der Waals surface area contributed by atoms with Crippen LogP contribution < -0.4 is 10.1 Å². The summed E-state index contributed by atoms with van der Waals surface area (Å²) >= 11 is 6.23. The molecule has 168 valence electrons. The van der Waals surface area contributed by atoms with Gasteiger partial charge in [0.2, 0.25) is 11.8 Å². The summed E-state index contributed by atoms with van der Waals surface area (Å²) in [4.78, 5) is 31.1. The third-order valence-corrected chi connectivity index (χ3v) is 5.81. The van der Waals surface area contributed by atoms with Gasteiger partial charge in [-0.1, -0.05) is 11.6 Å². The minimum atomic E-state index is -0.186. The van der Waals surface area contributed by atoms with E-state index >= 15 is 0 Å². The Morgan fingerprint density at radius 1 is 1.31 bits per heavy atom. The third kappa shape index (κ3) is 4.77. The van der Waals surface area contributed by atoms with E-state index in [1.54, 1.807) is 17.0 Å². The SMILES string of the molecule is COc1cc(-c2cc(C(=O)N3CCC(C(=O)NCc4ccc(C)o4)CC3)n[nH]2)c(Cl)cn1. The Balaban J connectivity index is 1.33. The zero-order valence-corrected chi connectivity index (χ0v) is 18.6. The van der Waals surface area contributed by atoms with Crippen molar-refractivity contribution in [2.75, 3.05) is 20.2 Å². The van der Waals surface area contributed by atoms with Crippen LogP contribution in [0.1, 0.15) is 34.9 Å². The number of nitrogens with zero attached hydrogens (tertiary/aromatic N) is 3.